The van der Waals surface area contributed by atoms with Gasteiger partial charge in [0, 0.05) is 26.3 Å². The van der Waals surface area contributed by atoms with Crippen LogP contribution in [-0.2, 0) is 11.3 Å². The first-order valence-electron chi connectivity index (χ1n) is 7.78. The largest absolute Gasteiger partial charge is 0.383 e. The van der Waals surface area contributed by atoms with Crippen LogP contribution < -0.4 is 10.9 Å². The molecule has 0 saturated carbocycles. The first kappa shape index (κ1) is 16.6. The quantitative estimate of drug-likeness (QED) is 0.773. The Morgan fingerprint density at radius 1 is 1.27 bits per heavy atom. The molecule has 0 spiro atoms. The number of piperidine rings is 1. The molecule has 0 unspecified atom stereocenters. The lowest BCUT2D eigenvalue weighted by atomic mass is 10.1. The molecule has 1 aromatic rings. The van der Waals surface area contributed by atoms with Crippen molar-refractivity contribution in [1.82, 2.24) is 20.0 Å². The number of likely N-dealkylation sites (tertiary alicyclic amines) is 1. The van der Waals surface area contributed by atoms with Crippen molar-refractivity contribution in [1.29, 1.82) is 0 Å². The number of ether oxygens (including phenoxy) is 1. The van der Waals surface area contributed by atoms with Gasteiger partial charge in [-0.25, -0.2) is 4.68 Å². The van der Waals surface area contributed by atoms with Crippen molar-refractivity contribution >= 4 is 5.91 Å². The van der Waals surface area contributed by atoms with Gasteiger partial charge in [0.25, 0.3) is 11.5 Å². The number of amides is 1. The van der Waals surface area contributed by atoms with Crippen molar-refractivity contribution in [2.45, 2.75) is 25.8 Å². The van der Waals surface area contributed by atoms with Gasteiger partial charge in [-0.1, -0.05) is 6.42 Å². The van der Waals surface area contributed by atoms with Gasteiger partial charge in [0.15, 0.2) is 0 Å². The summed E-state index contributed by atoms with van der Waals surface area (Å²) in [4.78, 5) is 26.1. The third-order valence-corrected chi connectivity index (χ3v) is 3.77. The molecule has 1 amide bonds. The van der Waals surface area contributed by atoms with Gasteiger partial charge in [-0.3, -0.25) is 9.59 Å². The van der Waals surface area contributed by atoms with Gasteiger partial charge in [-0.2, -0.15) is 5.10 Å². The molecule has 1 N–H and O–H groups in total. The molecule has 1 saturated heterocycles. The molecule has 0 aliphatic carbocycles. The van der Waals surface area contributed by atoms with Crippen LogP contribution in [0.3, 0.4) is 0 Å². The van der Waals surface area contributed by atoms with E-state index in [-0.39, 0.29) is 17.2 Å². The van der Waals surface area contributed by atoms with Gasteiger partial charge in [-0.05, 0) is 32.0 Å². The number of carbonyl (C=O) groups excluding carboxylic acids is 1. The summed E-state index contributed by atoms with van der Waals surface area (Å²) < 4.78 is 6.18. The molecule has 1 aromatic heterocycles. The topological polar surface area (TPSA) is 76.5 Å². The van der Waals surface area contributed by atoms with Crippen molar-refractivity contribution in [3.63, 3.8) is 0 Å². The molecule has 0 bridgehead atoms. The van der Waals surface area contributed by atoms with Gasteiger partial charge in [-0.15, -0.1) is 0 Å². The fraction of sp³-hybridized carbons (Fsp3) is 0.667. The molecule has 0 radical (unpaired) electrons. The molecule has 22 heavy (non-hydrogen) atoms. The van der Waals surface area contributed by atoms with Crippen molar-refractivity contribution < 1.29 is 9.53 Å². The van der Waals surface area contributed by atoms with E-state index in [0.717, 1.165) is 19.6 Å². The monoisotopic (exact) mass is 308 g/mol. The lowest BCUT2D eigenvalue weighted by molar-refractivity contribution is 0.0938. The maximum absolute atomic E-state index is 12.1. The van der Waals surface area contributed by atoms with Crippen molar-refractivity contribution in [2.24, 2.45) is 0 Å². The molecule has 2 rings (SSSR count). The summed E-state index contributed by atoms with van der Waals surface area (Å²) in [5.41, 5.74) is 0.0243. The zero-order chi connectivity index (χ0) is 15.8. The van der Waals surface area contributed by atoms with E-state index in [0.29, 0.717) is 19.7 Å². The highest BCUT2D eigenvalue weighted by molar-refractivity contribution is 5.91. The number of hydrogen-bond acceptors (Lipinski definition) is 5. The van der Waals surface area contributed by atoms with Crippen molar-refractivity contribution in [2.75, 3.05) is 39.9 Å². The lowest BCUT2D eigenvalue weighted by Gasteiger charge is -2.26. The molecule has 1 aliphatic heterocycles. The van der Waals surface area contributed by atoms with Crippen molar-refractivity contribution in [3.05, 3.63) is 28.2 Å². The highest BCUT2D eigenvalue weighted by Gasteiger charge is 2.12. The normalized spacial score (nSPS) is 15.7. The van der Waals surface area contributed by atoms with Crippen molar-refractivity contribution in [3.8, 4) is 0 Å². The average Bonchev–Trinajstić information content (AvgIpc) is 2.55. The summed E-state index contributed by atoms with van der Waals surface area (Å²) in [6.07, 6.45) is 3.77. The second kappa shape index (κ2) is 8.65. The second-order valence-corrected chi connectivity index (χ2v) is 5.43. The highest BCUT2D eigenvalue weighted by atomic mass is 16.5. The summed E-state index contributed by atoms with van der Waals surface area (Å²) >= 11 is 0. The first-order valence-corrected chi connectivity index (χ1v) is 7.78. The summed E-state index contributed by atoms with van der Waals surface area (Å²) in [5, 5.41) is 6.93. The van der Waals surface area contributed by atoms with Crippen LogP contribution in [-0.4, -0.2) is 60.5 Å². The standard InChI is InChI=1S/C15H24N4O3/c1-22-12-11-19-14(20)6-5-13(17-19)15(21)16-7-10-18-8-3-2-4-9-18/h5-6H,2-4,7-12H2,1H3,(H,16,21). The number of rotatable bonds is 7. The van der Waals surface area contributed by atoms with E-state index in [1.54, 1.807) is 7.11 Å². The number of aromatic nitrogens is 2. The highest BCUT2D eigenvalue weighted by Crippen LogP contribution is 2.07. The number of nitrogens with one attached hydrogen (secondary N) is 1. The first-order chi connectivity index (χ1) is 10.7. The molecule has 7 heteroatoms. The summed E-state index contributed by atoms with van der Waals surface area (Å²) in [5.74, 6) is -0.247. The molecule has 0 atom stereocenters. The third kappa shape index (κ3) is 4.92. The van der Waals surface area contributed by atoms with Crippen LogP contribution in [0.25, 0.3) is 0 Å². The fourth-order valence-electron chi connectivity index (χ4n) is 2.51. The smallest absolute Gasteiger partial charge is 0.271 e. The predicted molar refractivity (Wildman–Crippen MR) is 83.0 cm³/mol. The number of methoxy groups -OCH3 is 1. The Hall–Kier alpha value is -1.73. The molecule has 1 aliphatic rings. The van der Waals surface area contributed by atoms with Gasteiger partial charge >= 0.3 is 0 Å². The molecule has 122 valence electrons. The molecule has 1 fully saturated rings. The van der Waals surface area contributed by atoms with E-state index in [1.807, 2.05) is 0 Å². The average molecular weight is 308 g/mol. The minimum absolute atomic E-state index is 0.234. The number of nitrogens with zero attached hydrogens (tertiary/aromatic N) is 3. The van der Waals surface area contributed by atoms with E-state index in [2.05, 4.69) is 15.3 Å². The second-order valence-electron chi connectivity index (χ2n) is 5.43. The maximum Gasteiger partial charge on any atom is 0.271 e. The van der Waals surface area contributed by atoms with Crippen LogP contribution in [0.15, 0.2) is 16.9 Å². The Kier molecular flexibility index (Phi) is 6.54. The predicted octanol–water partition coefficient (Wildman–Crippen LogP) is 0.105. The van der Waals surface area contributed by atoms with Gasteiger partial charge < -0.3 is 15.0 Å². The summed E-state index contributed by atoms with van der Waals surface area (Å²) in [6, 6.07) is 2.82. The maximum atomic E-state index is 12.1. The molecule has 0 aromatic carbocycles. The van der Waals surface area contributed by atoms with Gasteiger partial charge in [0.1, 0.15) is 5.69 Å². The summed E-state index contributed by atoms with van der Waals surface area (Å²) in [7, 11) is 1.56. The molecule has 2 heterocycles. The minimum atomic E-state index is -0.247. The van der Waals surface area contributed by atoms with E-state index in [4.69, 9.17) is 4.74 Å². The van der Waals surface area contributed by atoms with Crippen LogP contribution in [0.1, 0.15) is 29.8 Å². The Labute approximate surface area is 130 Å². The van der Waals surface area contributed by atoms with E-state index < -0.39 is 0 Å². The zero-order valence-electron chi connectivity index (χ0n) is 13.1. The molecule has 7 nitrogen and oxygen atoms in total. The molecular formula is C15H24N4O3. The third-order valence-electron chi connectivity index (χ3n) is 3.77. The van der Waals surface area contributed by atoms with Gasteiger partial charge in [0.2, 0.25) is 0 Å². The zero-order valence-corrected chi connectivity index (χ0v) is 13.1. The van der Waals surface area contributed by atoms with Crippen LogP contribution in [0.5, 0.6) is 0 Å². The molecular weight excluding hydrogens is 284 g/mol. The van der Waals surface area contributed by atoms with Crippen LogP contribution >= 0.6 is 0 Å². The van der Waals surface area contributed by atoms with E-state index >= 15 is 0 Å². The lowest BCUT2D eigenvalue weighted by Crippen LogP contribution is -2.38. The van der Waals surface area contributed by atoms with Crippen LogP contribution in [0.4, 0.5) is 0 Å². The Morgan fingerprint density at radius 3 is 2.77 bits per heavy atom. The number of hydrogen-bond donors (Lipinski definition) is 1. The SMILES string of the molecule is COCCn1nc(C(=O)NCCN2CCCCC2)ccc1=O. The van der Waals surface area contributed by atoms with Gasteiger partial charge in [0.05, 0.1) is 13.2 Å². The Bertz CT molecular complexity index is 538. The number of carbonyl (C=O) groups is 1. The van der Waals surface area contributed by atoms with Crippen LogP contribution in [0.2, 0.25) is 0 Å². The Balaban J connectivity index is 1.84. The van der Waals surface area contributed by atoms with E-state index in [1.165, 1.54) is 36.1 Å². The van der Waals surface area contributed by atoms with Crippen LogP contribution in [0, 0.1) is 0 Å². The van der Waals surface area contributed by atoms with E-state index in [9.17, 15) is 9.59 Å². The summed E-state index contributed by atoms with van der Waals surface area (Å²) in [6.45, 7) is 4.38. The fourth-order valence-corrected chi connectivity index (χ4v) is 2.51. The minimum Gasteiger partial charge on any atom is -0.383 e. The Morgan fingerprint density at radius 2 is 2.05 bits per heavy atom.